The van der Waals surface area contributed by atoms with Crippen LogP contribution in [0.4, 0.5) is 0 Å². The van der Waals surface area contributed by atoms with Crippen LogP contribution in [-0.2, 0) is 10.8 Å². The van der Waals surface area contributed by atoms with Crippen molar-refractivity contribution in [3.8, 4) is 0 Å². The lowest BCUT2D eigenvalue weighted by molar-refractivity contribution is 0.680. The molecular weight excluding hydrogens is 248 g/mol. The molecule has 0 aliphatic heterocycles. The van der Waals surface area contributed by atoms with Crippen LogP contribution in [0.1, 0.15) is 36.1 Å². The van der Waals surface area contributed by atoms with Gasteiger partial charge in [-0.1, -0.05) is 0 Å². The number of nitrogens with zero attached hydrogens (tertiary/aromatic N) is 2. The Morgan fingerprint density at radius 1 is 1.00 bits per heavy atom. The van der Waals surface area contributed by atoms with Crippen LogP contribution in [0.3, 0.4) is 0 Å². The van der Waals surface area contributed by atoms with E-state index in [1.54, 1.807) is 12.7 Å². The third-order valence-electron chi connectivity index (χ3n) is 3.90. The fourth-order valence-electron chi connectivity index (χ4n) is 2.67. The van der Waals surface area contributed by atoms with Gasteiger partial charge in [0.15, 0.2) is 0 Å². The van der Waals surface area contributed by atoms with E-state index in [2.05, 4.69) is 19.9 Å². The van der Waals surface area contributed by atoms with Gasteiger partial charge < -0.3 is 9.97 Å². The zero-order valence-electron chi connectivity index (χ0n) is 9.74. The maximum Gasteiger partial charge on any atom is 0.0921 e. The Hall–Kier alpha value is -1.43. The van der Waals surface area contributed by atoms with Crippen LogP contribution in [-0.4, -0.2) is 34.6 Å². The van der Waals surface area contributed by atoms with Gasteiger partial charge in [-0.15, -0.1) is 0 Å². The van der Waals surface area contributed by atoms with E-state index in [9.17, 15) is 4.21 Å². The van der Waals surface area contributed by atoms with Crippen molar-refractivity contribution in [2.75, 3.05) is 0 Å². The van der Waals surface area contributed by atoms with Gasteiger partial charge in [-0.2, -0.15) is 0 Å². The van der Waals surface area contributed by atoms with Gasteiger partial charge in [0, 0.05) is 56.9 Å². The molecule has 2 aromatic heterocycles. The topological polar surface area (TPSA) is 74.4 Å². The maximum atomic E-state index is 12.4. The molecule has 2 heterocycles. The first-order valence-corrected chi connectivity index (χ1v) is 7.48. The first-order valence-electron chi connectivity index (χ1n) is 6.20. The maximum absolute atomic E-state index is 12.4. The average Bonchev–Trinajstić information content (AvgIpc) is 3.23. The van der Waals surface area contributed by atoms with E-state index in [-0.39, 0.29) is 0 Å². The van der Waals surface area contributed by atoms with E-state index in [4.69, 9.17) is 0 Å². The van der Waals surface area contributed by atoms with Crippen molar-refractivity contribution >= 4 is 10.8 Å². The minimum absolute atomic E-state index is 0.323. The second-order valence-electron chi connectivity index (χ2n) is 5.10. The number of H-pyrrole nitrogens is 2. The normalized spacial score (nSPS) is 35.3. The SMILES string of the molecule is O=S(C1CC1c1cnc[nH]1)C1CC1c1cnc[nH]1. The summed E-state index contributed by atoms with van der Waals surface area (Å²) in [6.45, 7) is 0. The zero-order chi connectivity index (χ0) is 12.1. The summed E-state index contributed by atoms with van der Waals surface area (Å²) in [6, 6.07) is 0. The fraction of sp³-hybridized carbons (Fsp3) is 0.500. The lowest BCUT2D eigenvalue weighted by Gasteiger charge is -1.99. The van der Waals surface area contributed by atoms with Crippen LogP contribution >= 0.6 is 0 Å². The van der Waals surface area contributed by atoms with Crippen LogP contribution in [0.25, 0.3) is 0 Å². The molecule has 0 aromatic carbocycles. The molecular formula is C12H14N4OS. The van der Waals surface area contributed by atoms with Gasteiger partial charge in [-0.05, 0) is 12.8 Å². The average molecular weight is 262 g/mol. The number of nitrogens with one attached hydrogen (secondary N) is 2. The van der Waals surface area contributed by atoms with E-state index in [0.717, 1.165) is 24.2 Å². The molecule has 4 rings (SSSR count). The van der Waals surface area contributed by atoms with Crippen molar-refractivity contribution in [1.29, 1.82) is 0 Å². The molecule has 5 nitrogen and oxygen atoms in total. The van der Waals surface area contributed by atoms with E-state index in [1.807, 2.05) is 12.4 Å². The summed E-state index contributed by atoms with van der Waals surface area (Å²) in [6.07, 6.45) is 9.14. The summed E-state index contributed by atoms with van der Waals surface area (Å²) in [5, 5.41) is 0.645. The van der Waals surface area contributed by atoms with Crippen molar-refractivity contribution < 1.29 is 4.21 Å². The highest BCUT2D eigenvalue weighted by atomic mass is 32.2. The largest absolute Gasteiger partial charge is 0.348 e. The Kier molecular flexibility index (Phi) is 2.20. The number of rotatable bonds is 4. The number of hydrogen-bond acceptors (Lipinski definition) is 3. The highest BCUT2D eigenvalue weighted by molar-refractivity contribution is 7.87. The van der Waals surface area contributed by atoms with Crippen molar-refractivity contribution in [2.45, 2.75) is 35.2 Å². The molecule has 2 N–H and O–H groups in total. The summed E-state index contributed by atoms with van der Waals surface area (Å²) < 4.78 is 12.4. The van der Waals surface area contributed by atoms with Crippen LogP contribution in [0.2, 0.25) is 0 Å². The summed E-state index contributed by atoms with van der Waals surface area (Å²) in [5.74, 6) is 0.854. The first kappa shape index (κ1) is 10.5. The van der Waals surface area contributed by atoms with E-state index in [0.29, 0.717) is 22.3 Å². The monoisotopic (exact) mass is 262 g/mol. The van der Waals surface area contributed by atoms with Crippen LogP contribution in [0.5, 0.6) is 0 Å². The standard InChI is InChI=1S/C12H14N4OS/c17-18(11-1-7(11)9-3-13-5-15-9)12-2-8(12)10-4-14-6-16-10/h3-8,11-12H,1-2H2,(H,13,15)(H,14,16). The number of aromatic amines is 2. The molecule has 2 saturated carbocycles. The molecule has 0 saturated heterocycles. The quantitative estimate of drug-likeness (QED) is 0.872. The second kappa shape index (κ2) is 3.78. The van der Waals surface area contributed by atoms with Crippen molar-refractivity contribution in [3.05, 3.63) is 36.4 Å². The smallest absolute Gasteiger partial charge is 0.0921 e. The zero-order valence-corrected chi connectivity index (χ0v) is 10.6. The third kappa shape index (κ3) is 1.63. The Balaban J connectivity index is 1.42. The van der Waals surface area contributed by atoms with E-state index < -0.39 is 10.8 Å². The number of aromatic nitrogens is 4. The van der Waals surface area contributed by atoms with Crippen molar-refractivity contribution in [1.82, 2.24) is 19.9 Å². The Bertz CT molecular complexity index is 515. The summed E-state index contributed by atoms with van der Waals surface area (Å²) in [5.41, 5.74) is 2.26. The van der Waals surface area contributed by atoms with Gasteiger partial charge in [0.2, 0.25) is 0 Å². The molecule has 2 aromatic rings. The lowest BCUT2D eigenvalue weighted by Crippen LogP contribution is -2.07. The highest BCUT2D eigenvalue weighted by Crippen LogP contribution is 2.52. The van der Waals surface area contributed by atoms with Gasteiger partial charge in [-0.25, -0.2) is 9.97 Å². The van der Waals surface area contributed by atoms with Gasteiger partial charge in [0.05, 0.1) is 12.7 Å². The van der Waals surface area contributed by atoms with E-state index in [1.165, 1.54) is 0 Å². The van der Waals surface area contributed by atoms with Gasteiger partial charge in [-0.3, -0.25) is 4.21 Å². The minimum atomic E-state index is -0.726. The van der Waals surface area contributed by atoms with Crippen molar-refractivity contribution in [2.24, 2.45) is 0 Å². The van der Waals surface area contributed by atoms with E-state index >= 15 is 0 Å². The Morgan fingerprint density at radius 2 is 1.50 bits per heavy atom. The molecule has 4 atom stereocenters. The van der Waals surface area contributed by atoms with Crippen LogP contribution < -0.4 is 0 Å². The highest BCUT2D eigenvalue weighted by Gasteiger charge is 2.53. The molecule has 2 fully saturated rings. The van der Waals surface area contributed by atoms with Gasteiger partial charge >= 0.3 is 0 Å². The predicted molar refractivity (Wildman–Crippen MR) is 67.6 cm³/mol. The molecule has 2 aliphatic rings. The Morgan fingerprint density at radius 3 is 1.89 bits per heavy atom. The summed E-state index contributed by atoms with van der Waals surface area (Å²) >= 11 is 0. The molecule has 4 unspecified atom stereocenters. The lowest BCUT2D eigenvalue weighted by atomic mass is 10.3. The molecule has 0 bridgehead atoms. The molecule has 0 spiro atoms. The van der Waals surface area contributed by atoms with Crippen molar-refractivity contribution in [3.63, 3.8) is 0 Å². The predicted octanol–water partition coefficient (Wildman–Crippen LogP) is 1.29. The third-order valence-corrected chi connectivity index (χ3v) is 6.13. The Labute approximate surface area is 107 Å². The van der Waals surface area contributed by atoms with Crippen LogP contribution in [0, 0.1) is 0 Å². The summed E-state index contributed by atoms with van der Waals surface area (Å²) in [7, 11) is -0.726. The minimum Gasteiger partial charge on any atom is -0.348 e. The van der Waals surface area contributed by atoms with Crippen LogP contribution in [0.15, 0.2) is 25.0 Å². The summed E-state index contributed by atoms with van der Waals surface area (Å²) in [4.78, 5) is 14.3. The van der Waals surface area contributed by atoms with Gasteiger partial charge in [0.1, 0.15) is 0 Å². The fourth-order valence-corrected chi connectivity index (χ4v) is 4.86. The molecule has 0 amide bonds. The molecule has 0 radical (unpaired) electrons. The molecule has 18 heavy (non-hydrogen) atoms. The number of imidazole rings is 2. The molecule has 6 heteroatoms. The first-order chi connectivity index (χ1) is 8.84. The second-order valence-corrected chi connectivity index (χ2v) is 6.97. The van der Waals surface area contributed by atoms with Gasteiger partial charge in [0.25, 0.3) is 0 Å². The molecule has 2 aliphatic carbocycles. The number of hydrogen-bond donors (Lipinski definition) is 2. The molecule has 94 valence electrons.